The van der Waals surface area contributed by atoms with Crippen molar-refractivity contribution in [2.24, 2.45) is 5.41 Å². The van der Waals surface area contributed by atoms with E-state index in [1.54, 1.807) is 12.1 Å². The third-order valence-electron chi connectivity index (χ3n) is 3.52. The molecule has 0 aromatic heterocycles. The molecule has 2 rings (SSSR count). The van der Waals surface area contributed by atoms with E-state index in [1.165, 1.54) is 0 Å². The van der Waals surface area contributed by atoms with Crippen LogP contribution in [0.2, 0.25) is 0 Å². The van der Waals surface area contributed by atoms with Crippen LogP contribution >= 0.6 is 7.82 Å². The Kier molecular flexibility index (Phi) is 4.10. The lowest BCUT2D eigenvalue weighted by molar-refractivity contribution is -0.00759. The number of phosphoric acid groups is 1. The Balaban J connectivity index is 2.02. The second kappa shape index (κ2) is 5.43. The summed E-state index contributed by atoms with van der Waals surface area (Å²) in [7, 11) is -3.44. The van der Waals surface area contributed by atoms with E-state index in [4.69, 9.17) is 13.6 Å². The molecular formula is C13H19O4P. The fourth-order valence-corrected chi connectivity index (χ4v) is 3.26. The topological polar surface area (TPSA) is 44.8 Å². The molecule has 1 aromatic carbocycles. The molecule has 0 unspecified atom stereocenters. The van der Waals surface area contributed by atoms with Crippen molar-refractivity contribution in [3.63, 3.8) is 0 Å². The lowest BCUT2D eigenvalue weighted by Crippen LogP contribution is -2.35. The van der Waals surface area contributed by atoms with Crippen LogP contribution in [0.4, 0.5) is 0 Å². The van der Waals surface area contributed by atoms with Gasteiger partial charge in [-0.05, 0) is 25.0 Å². The number of rotatable bonds is 4. The molecule has 1 aliphatic rings. The smallest absolute Gasteiger partial charge is 0.404 e. The predicted molar refractivity (Wildman–Crippen MR) is 69.6 cm³/mol. The Labute approximate surface area is 108 Å². The summed E-state index contributed by atoms with van der Waals surface area (Å²) in [6, 6.07) is 8.95. The summed E-state index contributed by atoms with van der Waals surface area (Å²) in [5, 5.41) is 0. The zero-order valence-electron chi connectivity index (χ0n) is 10.8. The maximum Gasteiger partial charge on any atom is 0.530 e. The van der Waals surface area contributed by atoms with E-state index in [0.29, 0.717) is 19.0 Å². The molecule has 0 radical (unpaired) electrons. The maximum atomic E-state index is 12.3. The average Bonchev–Trinajstić information content (AvgIpc) is 2.41. The summed E-state index contributed by atoms with van der Waals surface area (Å²) in [6.07, 6.45) is 1.88. The molecule has 0 spiro atoms. The monoisotopic (exact) mass is 270 g/mol. The van der Waals surface area contributed by atoms with Crippen LogP contribution in [0.1, 0.15) is 26.7 Å². The molecule has 0 aliphatic carbocycles. The first-order chi connectivity index (χ1) is 8.61. The largest absolute Gasteiger partial charge is 0.530 e. The number of benzene rings is 1. The van der Waals surface area contributed by atoms with Gasteiger partial charge in [-0.2, -0.15) is 0 Å². The number of para-hydroxylation sites is 1. The lowest BCUT2D eigenvalue weighted by Gasteiger charge is -2.37. The van der Waals surface area contributed by atoms with Crippen molar-refractivity contribution < 1.29 is 18.1 Å². The highest BCUT2D eigenvalue weighted by Crippen LogP contribution is 2.55. The van der Waals surface area contributed by atoms with Crippen LogP contribution in [0.15, 0.2) is 30.3 Å². The van der Waals surface area contributed by atoms with Crippen molar-refractivity contribution in [3.05, 3.63) is 30.3 Å². The molecule has 4 nitrogen and oxygen atoms in total. The van der Waals surface area contributed by atoms with Crippen LogP contribution < -0.4 is 4.52 Å². The van der Waals surface area contributed by atoms with Gasteiger partial charge in [0.05, 0.1) is 13.2 Å². The number of phosphoric ester groups is 1. The van der Waals surface area contributed by atoms with E-state index in [0.717, 1.165) is 12.8 Å². The second-order valence-electron chi connectivity index (χ2n) is 4.61. The highest BCUT2D eigenvalue weighted by Gasteiger charge is 2.42. The molecule has 18 heavy (non-hydrogen) atoms. The van der Waals surface area contributed by atoms with Crippen LogP contribution in [-0.4, -0.2) is 13.2 Å². The van der Waals surface area contributed by atoms with Gasteiger partial charge in [0, 0.05) is 5.41 Å². The second-order valence-corrected chi connectivity index (χ2v) is 6.20. The van der Waals surface area contributed by atoms with Crippen LogP contribution in [0.3, 0.4) is 0 Å². The molecule has 100 valence electrons. The molecule has 1 fully saturated rings. The molecule has 0 N–H and O–H groups in total. The number of hydrogen-bond donors (Lipinski definition) is 0. The van der Waals surface area contributed by atoms with E-state index in [2.05, 4.69) is 13.8 Å². The molecule has 0 atom stereocenters. The Morgan fingerprint density at radius 2 is 1.72 bits per heavy atom. The molecule has 1 saturated heterocycles. The zero-order chi connectivity index (χ0) is 13.1. The van der Waals surface area contributed by atoms with E-state index in [1.807, 2.05) is 18.2 Å². The Hall–Kier alpha value is -0.830. The van der Waals surface area contributed by atoms with E-state index in [9.17, 15) is 4.57 Å². The lowest BCUT2D eigenvalue weighted by atomic mass is 9.84. The van der Waals surface area contributed by atoms with Crippen molar-refractivity contribution >= 4 is 7.82 Å². The minimum Gasteiger partial charge on any atom is -0.404 e. The van der Waals surface area contributed by atoms with Crippen molar-refractivity contribution in [3.8, 4) is 5.75 Å². The first kappa shape index (κ1) is 13.6. The highest BCUT2D eigenvalue weighted by atomic mass is 31.2. The summed E-state index contributed by atoms with van der Waals surface area (Å²) < 4.78 is 28.3. The molecule has 0 amide bonds. The quantitative estimate of drug-likeness (QED) is 0.775. The molecule has 0 saturated carbocycles. The first-order valence-corrected chi connectivity index (χ1v) is 7.71. The van der Waals surface area contributed by atoms with E-state index < -0.39 is 7.82 Å². The third-order valence-corrected chi connectivity index (χ3v) is 4.84. The van der Waals surface area contributed by atoms with Gasteiger partial charge in [0.1, 0.15) is 5.75 Å². The molecule has 1 heterocycles. The summed E-state index contributed by atoms with van der Waals surface area (Å²) in [5.41, 5.74) is -0.0338. The SMILES string of the molecule is CCC1(CC)COP(=O)(Oc2ccccc2)OC1. The minimum atomic E-state index is -3.44. The summed E-state index contributed by atoms with van der Waals surface area (Å²) in [4.78, 5) is 0. The fourth-order valence-electron chi connectivity index (χ4n) is 1.83. The Morgan fingerprint density at radius 3 is 2.22 bits per heavy atom. The Bertz CT molecular complexity index is 414. The zero-order valence-corrected chi connectivity index (χ0v) is 11.7. The fraction of sp³-hybridized carbons (Fsp3) is 0.538. The Morgan fingerprint density at radius 1 is 1.17 bits per heavy atom. The average molecular weight is 270 g/mol. The molecule has 0 bridgehead atoms. The number of hydrogen-bond acceptors (Lipinski definition) is 4. The van der Waals surface area contributed by atoms with Crippen LogP contribution in [0.25, 0.3) is 0 Å². The van der Waals surface area contributed by atoms with E-state index >= 15 is 0 Å². The van der Waals surface area contributed by atoms with Crippen LogP contribution in [0.5, 0.6) is 5.75 Å². The summed E-state index contributed by atoms with van der Waals surface area (Å²) in [5.74, 6) is 0.501. The van der Waals surface area contributed by atoms with Gasteiger partial charge in [-0.1, -0.05) is 32.0 Å². The van der Waals surface area contributed by atoms with Crippen molar-refractivity contribution in [2.45, 2.75) is 26.7 Å². The standard InChI is InChI=1S/C13H19O4P/c1-3-13(4-2)10-15-18(14,16-11-13)17-12-8-6-5-7-9-12/h5-9H,3-4,10-11H2,1-2H3. The molecule has 1 aliphatic heterocycles. The minimum absolute atomic E-state index is 0.0338. The van der Waals surface area contributed by atoms with Gasteiger partial charge in [0.15, 0.2) is 0 Å². The van der Waals surface area contributed by atoms with Gasteiger partial charge in [-0.3, -0.25) is 9.05 Å². The summed E-state index contributed by atoms with van der Waals surface area (Å²) >= 11 is 0. The maximum absolute atomic E-state index is 12.3. The van der Waals surface area contributed by atoms with Crippen molar-refractivity contribution in [1.82, 2.24) is 0 Å². The van der Waals surface area contributed by atoms with Gasteiger partial charge >= 0.3 is 7.82 Å². The first-order valence-electron chi connectivity index (χ1n) is 6.25. The molecular weight excluding hydrogens is 251 g/mol. The predicted octanol–water partition coefficient (Wildman–Crippen LogP) is 4.03. The normalized spacial score (nSPS) is 21.4. The van der Waals surface area contributed by atoms with Crippen LogP contribution in [0, 0.1) is 5.41 Å². The van der Waals surface area contributed by atoms with Crippen molar-refractivity contribution in [2.75, 3.05) is 13.2 Å². The van der Waals surface area contributed by atoms with E-state index in [-0.39, 0.29) is 5.41 Å². The van der Waals surface area contributed by atoms with Gasteiger partial charge < -0.3 is 4.52 Å². The van der Waals surface area contributed by atoms with Crippen molar-refractivity contribution in [1.29, 1.82) is 0 Å². The molecule has 5 heteroatoms. The highest BCUT2D eigenvalue weighted by molar-refractivity contribution is 7.49. The molecule has 1 aromatic rings. The van der Waals surface area contributed by atoms with Crippen LogP contribution in [-0.2, 0) is 13.6 Å². The van der Waals surface area contributed by atoms with Gasteiger partial charge in [0.25, 0.3) is 0 Å². The van der Waals surface area contributed by atoms with Gasteiger partial charge in [-0.15, -0.1) is 0 Å². The third kappa shape index (κ3) is 2.94. The summed E-state index contributed by atoms with van der Waals surface area (Å²) in [6.45, 7) is 5.02. The van der Waals surface area contributed by atoms with Gasteiger partial charge in [0.2, 0.25) is 0 Å². The van der Waals surface area contributed by atoms with Gasteiger partial charge in [-0.25, -0.2) is 4.57 Å².